The Hall–Kier alpha value is -4.84. The van der Waals surface area contributed by atoms with Crippen molar-refractivity contribution in [1.82, 2.24) is 14.9 Å². The quantitative estimate of drug-likeness (QED) is 0.164. The van der Waals surface area contributed by atoms with Crippen LogP contribution in [0.25, 0.3) is 11.3 Å². The number of aromatic nitrogens is 2. The molecule has 1 saturated carbocycles. The van der Waals surface area contributed by atoms with Crippen LogP contribution in [0.4, 0.5) is 5.69 Å². The standard InChI is InChI=1S/C37H43N5O4/c1-26(2)21-33(37(44)45-3)40-36(43)35-18-17-34(46-35)29-13-15-31(16-14-29)42(30-7-5-4-6-8-30)20-19-32-23-39-25-41(32)24-28-11-9-27(22-38)10-12-28/h9-18,23,25-26,30,33H,4-8,19-21,24H2,1-3H3,(H,40,43). The number of nitrogens with one attached hydrogen (secondary N) is 1. The molecular weight excluding hydrogens is 578 g/mol. The minimum atomic E-state index is -0.731. The highest BCUT2D eigenvalue weighted by Gasteiger charge is 2.25. The van der Waals surface area contributed by atoms with Gasteiger partial charge in [0.15, 0.2) is 5.76 Å². The number of benzene rings is 2. The predicted molar refractivity (Wildman–Crippen MR) is 177 cm³/mol. The van der Waals surface area contributed by atoms with Crippen molar-refractivity contribution >= 4 is 17.6 Å². The zero-order valence-corrected chi connectivity index (χ0v) is 26.9. The Kier molecular flexibility index (Phi) is 10.9. The molecule has 2 heterocycles. The maximum atomic E-state index is 12.9. The van der Waals surface area contributed by atoms with Crippen LogP contribution < -0.4 is 10.2 Å². The summed E-state index contributed by atoms with van der Waals surface area (Å²) in [5.74, 6) is 0.0344. The van der Waals surface area contributed by atoms with Crippen LogP contribution in [0.2, 0.25) is 0 Å². The van der Waals surface area contributed by atoms with Gasteiger partial charge in [0.1, 0.15) is 11.8 Å². The van der Waals surface area contributed by atoms with E-state index in [1.165, 1.54) is 44.9 Å². The van der Waals surface area contributed by atoms with E-state index < -0.39 is 17.9 Å². The lowest BCUT2D eigenvalue weighted by Gasteiger charge is -2.36. The van der Waals surface area contributed by atoms with E-state index in [0.717, 1.165) is 29.8 Å². The maximum Gasteiger partial charge on any atom is 0.328 e. The van der Waals surface area contributed by atoms with Crippen molar-refractivity contribution in [2.75, 3.05) is 18.6 Å². The molecule has 1 N–H and O–H groups in total. The second kappa shape index (κ2) is 15.4. The number of carbonyl (C=O) groups excluding carboxylic acids is 2. The van der Waals surface area contributed by atoms with E-state index in [0.29, 0.717) is 30.3 Å². The van der Waals surface area contributed by atoms with Gasteiger partial charge in [0.25, 0.3) is 5.91 Å². The Balaban J connectivity index is 1.27. The molecule has 0 spiro atoms. The zero-order valence-electron chi connectivity index (χ0n) is 26.9. The minimum Gasteiger partial charge on any atom is -0.467 e. The van der Waals surface area contributed by atoms with Gasteiger partial charge in [-0.15, -0.1) is 0 Å². The van der Waals surface area contributed by atoms with Crippen LogP contribution >= 0.6 is 0 Å². The fraction of sp³-hybridized carbons (Fsp3) is 0.405. The van der Waals surface area contributed by atoms with Gasteiger partial charge in [-0.25, -0.2) is 9.78 Å². The van der Waals surface area contributed by atoms with E-state index >= 15 is 0 Å². The number of esters is 1. The molecule has 0 aliphatic heterocycles. The summed E-state index contributed by atoms with van der Waals surface area (Å²) in [7, 11) is 1.32. The Bertz CT molecular complexity index is 1630. The van der Waals surface area contributed by atoms with E-state index in [1.807, 2.05) is 62.8 Å². The molecule has 1 atom stereocenters. The Morgan fingerprint density at radius 2 is 1.80 bits per heavy atom. The van der Waals surface area contributed by atoms with Crippen molar-refractivity contribution < 1.29 is 18.7 Å². The average Bonchev–Trinajstić information content (AvgIpc) is 3.75. The number of hydrogen-bond acceptors (Lipinski definition) is 7. The summed E-state index contributed by atoms with van der Waals surface area (Å²) in [4.78, 5) is 32.1. The van der Waals surface area contributed by atoms with Gasteiger partial charge < -0.3 is 23.9 Å². The minimum absolute atomic E-state index is 0.151. The smallest absolute Gasteiger partial charge is 0.328 e. The van der Waals surface area contributed by atoms with Gasteiger partial charge in [-0.1, -0.05) is 45.2 Å². The van der Waals surface area contributed by atoms with E-state index in [9.17, 15) is 9.59 Å². The third-order valence-corrected chi connectivity index (χ3v) is 8.67. The molecule has 1 unspecified atom stereocenters. The lowest BCUT2D eigenvalue weighted by Crippen LogP contribution is -2.42. The fourth-order valence-electron chi connectivity index (χ4n) is 6.22. The summed E-state index contributed by atoms with van der Waals surface area (Å²) in [5, 5.41) is 11.9. The number of amides is 1. The van der Waals surface area contributed by atoms with Crippen LogP contribution in [-0.4, -0.2) is 47.2 Å². The van der Waals surface area contributed by atoms with Crippen molar-refractivity contribution in [3.05, 3.63) is 95.8 Å². The highest BCUT2D eigenvalue weighted by atomic mass is 16.5. The molecule has 9 nitrogen and oxygen atoms in total. The van der Waals surface area contributed by atoms with Crippen molar-refractivity contribution in [3.8, 4) is 17.4 Å². The molecule has 0 bridgehead atoms. The first-order valence-electron chi connectivity index (χ1n) is 16.2. The normalized spacial score (nSPS) is 14.1. The number of methoxy groups -OCH3 is 1. The van der Waals surface area contributed by atoms with Crippen LogP contribution in [0.5, 0.6) is 0 Å². The van der Waals surface area contributed by atoms with E-state index in [2.05, 4.69) is 38.0 Å². The first kappa shape index (κ1) is 32.6. The SMILES string of the molecule is COC(=O)C(CC(C)C)NC(=O)c1ccc(-c2ccc(N(CCc3cncn3Cc3ccc(C#N)cc3)C3CCCCC3)cc2)o1. The van der Waals surface area contributed by atoms with Crippen molar-refractivity contribution in [3.63, 3.8) is 0 Å². The van der Waals surface area contributed by atoms with Gasteiger partial charge in [0, 0.05) is 48.7 Å². The van der Waals surface area contributed by atoms with Crippen molar-refractivity contribution in [2.24, 2.45) is 5.92 Å². The van der Waals surface area contributed by atoms with Gasteiger partial charge in [0.05, 0.1) is 25.1 Å². The average molecular weight is 622 g/mol. The predicted octanol–water partition coefficient (Wildman–Crippen LogP) is 6.76. The number of rotatable bonds is 13. The molecule has 46 heavy (non-hydrogen) atoms. The molecule has 1 fully saturated rings. The highest BCUT2D eigenvalue weighted by Crippen LogP contribution is 2.30. The molecule has 5 rings (SSSR count). The Morgan fingerprint density at radius 3 is 2.48 bits per heavy atom. The van der Waals surface area contributed by atoms with Crippen molar-refractivity contribution in [2.45, 2.75) is 77.4 Å². The summed E-state index contributed by atoms with van der Waals surface area (Å²) in [6.07, 6.45) is 11.3. The summed E-state index contributed by atoms with van der Waals surface area (Å²) in [5.41, 5.74) is 5.00. The zero-order chi connectivity index (χ0) is 32.5. The lowest BCUT2D eigenvalue weighted by molar-refractivity contribution is -0.143. The third-order valence-electron chi connectivity index (χ3n) is 8.67. The monoisotopic (exact) mass is 621 g/mol. The van der Waals surface area contributed by atoms with Crippen LogP contribution in [0, 0.1) is 17.2 Å². The summed E-state index contributed by atoms with van der Waals surface area (Å²) >= 11 is 0. The molecule has 2 aromatic carbocycles. The summed E-state index contributed by atoms with van der Waals surface area (Å²) in [6.45, 7) is 5.55. The lowest BCUT2D eigenvalue weighted by atomic mass is 9.93. The van der Waals surface area contributed by atoms with Crippen LogP contribution in [0.1, 0.15) is 79.7 Å². The van der Waals surface area contributed by atoms with Crippen LogP contribution in [-0.2, 0) is 22.5 Å². The van der Waals surface area contributed by atoms with Crippen LogP contribution in [0.15, 0.2) is 77.6 Å². The van der Waals surface area contributed by atoms with Gasteiger partial charge in [0.2, 0.25) is 0 Å². The molecule has 9 heteroatoms. The number of hydrogen-bond donors (Lipinski definition) is 1. The van der Waals surface area contributed by atoms with Gasteiger partial charge in [-0.2, -0.15) is 5.26 Å². The molecular formula is C37H43N5O4. The Labute approximate surface area is 271 Å². The Morgan fingerprint density at radius 1 is 1.07 bits per heavy atom. The van der Waals surface area contributed by atoms with Crippen LogP contribution in [0.3, 0.4) is 0 Å². The summed E-state index contributed by atoms with van der Waals surface area (Å²) < 4.78 is 13.0. The number of carbonyl (C=O) groups is 2. The molecule has 240 valence electrons. The second-order valence-electron chi connectivity index (χ2n) is 12.4. The number of imidazole rings is 1. The topological polar surface area (TPSA) is 113 Å². The van der Waals surface area contributed by atoms with Crippen molar-refractivity contribution in [1.29, 1.82) is 5.26 Å². The molecule has 1 amide bonds. The van der Waals surface area contributed by atoms with E-state index in [-0.39, 0.29) is 11.7 Å². The number of furan rings is 1. The largest absolute Gasteiger partial charge is 0.467 e. The number of ether oxygens (including phenoxy) is 1. The molecule has 1 aliphatic rings. The highest BCUT2D eigenvalue weighted by molar-refractivity contribution is 5.95. The van der Waals surface area contributed by atoms with Gasteiger partial charge in [-0.05, 0) is 79.3 Å². The van der Waals surface area contributed by atoms with E-state index in [4.69, 9.17) is 14.4 Å². The summed E-state index contributed by atoms with van der Waals surface area (Å²) in [6, 6.07) is 21.4. The number of nitriles is 1. The molecule has 0 saturated heterocycles. The number of nitrogens with zero attached hydrogens (tertiary/aromatic N) is 4. The molecule has 4 aromatic rings. The first-order valence-corrected chi connectivity index (χ1v) is 16.2. The van der Waals surface area contributed by atoms with Gasteiger partial charge in [-0.3, -0.25) is 4.79 Å². The number of anilines is 1. The molecule has 2 aromatic heterocycles. The molecule has 0 radical (unpaired) electrons. The fourth-order valence-corrected chi connectivity index (χ4v) is 6.22. The molecule has 1 aliphatic carbocycles. The first-order chi connectivity index (χ1) is 22.3. The van der Waals surface area contributed by atoms with E-state index in [1.54, 1.807) is 12.1 Å². The maximum absolute atomic E-state index is 12.9. The van der Waals surface area contributed by atoms with Gasteiger partial charge >= 0.3 is 5.97 Å². The third kappa shape index (κ3) is 8.25. The second-order valence-corrected chi connectivity index (χ2v) is 12.4.